The molecule has 1 N–H and O–H groups in total. The van der Waals surface area contributed by atoms with Gasteiger partial charge >= 0.3 is 0 Å². The number of benzene rings is 1. The Labute approximate surface area is 98.7 Å². The fourth-order valence-corrected chi connectivity index (χ4v) is 2.84. The summed E-state index contributed by atoms with van der Waals surface area (Å²) in [7, 11) is 4.39. The number of piperidine rings is 1. The summed E-state index contributed by atoms with van der Waals surface area (Å²) < 4.78 is 0. The zero-order valence-corrected chi connectivity index (χ0v) is 10.6. The Bertz CT molecular complexity index is 352. The molecule has 1 aliphatic rings. The van der Waals surface area contributed by atoms with Crippen molar-refractivity contribution in [1.29, 1.82) is 0 Å². The Hall–Kier alpha value is -0.860. The van der Waals surface area contributed by atoms with Crippen molar-refractivity contribution in [3.8, 4) is 0 Å². The van der Waals surface area contributed by atoms with Crippen molar-refractivity contribution >= 4 is 0 Å². The van der Waals surface area contributed by atoms with Gasteiger partial charge in [0.1, 0.15) is 0 Å². The maximum atomic E-state index is 3.54. The smallest absolute Gasteiger partial charge is 0.0584 e. The first-order chi connectivity index (χ1) is 7.67. The highest BCUT2D eigenvalue weighted by Gasteiger charge is 2.36. The van der Waals surface area contributed by atoms with Crippen molar-refractivity contribution in [1.82, 2.24) is 10.2 Å². The van der Waals surface area contributed by atoms with Crippen molar-refractivity contribution in [2.45, 2.75) is 25.3 Å². The molecule has 2 heteroatoms. The molecule has 1 saturated heterocycles. The molecule has 16 heavy (non-hydrogen) atoms. The summed E-state index contributed by atoms with van der Waals surface area (Å²) in [5, 5.41) is 3.54. The summed E-state index contributed by atoms with van der Waals surface area (Å²) in [6.07, 6.45) is 2.50. The molecule has 1 atom stereocenters. The van der Waals surface area contributed by atoms with Crippen molar-refractivity contribution < 1.29 is 0 Å². The molecule has 1 aliphatic heterocycles. The lowest BCUT2D eigenvalue weighted by molar-refractivity contribution is 0.112. The molecule has 0 saturated carbocycles. The minimum atomic E-state index is 0.184. The Morgan fingerprint density at radius 3 is 2.56 bits per heavy atom. The molecule has 0 spiro atoms. The predicted octanol–water partition coefficient (Wildman–Crippen LogP) is 2.14. The van der Waals surface area contributed by atoms with Gasteiger partial charge in [-0.25, -0.2) is 0 Å². The maximum Gasteiger partial charge on any atom is 0.0584 e. The van der Waals surface area contributed by atoms with Gasteiger partial charge in [-0.1, -0.05) is 24.3 Å². The zero-order valence-electron chi connectivity index (χ0n) is 10.6. The van der Waals surface area contributed by atoms with Crippen LogP contribution in [0.2, 0.25) is 0 Å². The van der Waals surface area contributed by atoms with Crippen LogP contribution in [0.3, 0.4) is 0 Å². The second kappa shape index (κ2) is 4.56. The van der Waals surface area contributed by atoms with Crippen molar-refractivity contribution in [2.24, 2.45) is 0 Å². The average molecular weight is 218 g/mol. The number of hydrogen-bond acceptors (Lipinski definition) is 2. The summed E-state index contributed by atoms with van der Waals surface area (Å²) in [6.45, 7) is 4.43. The van der Waals surface area contributed by atoms with E-state index >= 15 is 0 Å². The largest absolute Gasteiger partial charge is 0.315 e. The molecule has 0 amide bonds. The summed E-state index contributed by atoms with van der Waals surface area (Å²) >= 11 is 0. The number of likely N-dealkylation sites (N-methyl/N-ethyl adjacent to an activating group) is 1. The third-order valence-corrected chi connectivity index (χ3v) is 3.86. The zero-order chi connectivity index (χ0) is 11.6. The van der Waals surface area contributed by atoms with Gasteiger partial charge in [-0.2, -0.15) is 0 Å². The quantitative estimate of drug-likeness (QED) is 0.818. The molecule has 1 unspecified atom stereocenters. The monoisotopic (exact) mass is 218 g/mol. The van der Waals surface area contributed by atoms with Gasteiger partial charge in [-0.15, -0.1) is 0 Å². The van der Waals surface area contributed by atoms with E-state index in [1.807, 2.05) is 0 Å². The molecule has 0 radical (unpaired) electrons. The van der Waals surface area contributed by atoms with Crippen molar-refractivity contribution in [2.75, 3.05) is 27.2 Å². The number of aryl methyl sites for hydroxylation is 1. The molecule has 1 aromatic rings. The van der Waals surface area contributed by atoms with Gasteiger partial charge in [-0.05, 0) is 51.5 Å². The van der Waals surface area contributed by atoms with E-state index in [4.69, 9.17) is 0 Å². The van der Waals surface area contributed by atoms with Crippen LogP contribution < -0.4 is 5.32 Å². The molecule has 2 nitrogen and oxygen atoms in total. The lowest BCUT2D eigenvalue weighted by atomic mass is 9.80. The van der Waals surface area contributed by atoms with Crippen LogP contribution in [0.5, 0.6) is 0 Å². The molecular weight excluding hydrogens is 196 g/mol. The van der Waals surface area contributed by atoms with E-state index in [0.717, 1.165) is 13.1 Å². The van der Waals surface area contributed by atoms with Crippen LogP contribution in [0.25, 0.3) is 0 Å². The van der Waals surface area contributed by atoms with Gasteiger partial charge < -0.3 is 5.32 Å². The third-order valence-electron chi connectivity index (χ3n) is 3.86. The van der Waals surface area contributed by atoms with E-state index in [1.165, 1.54) is 24.0 Å². The molecule has 88 valence electrons. The minimum Gasteiger partial charge on any atom is -0.315 e. The molecule has 2 rings (SSSR count). The molecule has 0 aliphatic carbocycles. The molecule has 1 aromatic carbocycles. The first-order valence-corrected chi connectivity index (χ1v) is 6.11. The van der Waals surface area contributed by atoms with Crippen LogP contribution in [0, 0.1) is 6.92 Å². The van der Waals surface area contributed by atoms with E-state index in [9.17, 15) is 0 Å². The van der Waals surface area contributed by atoms with Crippen LogP contribution in [0.1, 0.15) is 24.0 Å². The summed E-state index contributed by atoms with van der Waals surface area (Å²) in [5.41, 5.74) is 3.07. The lowest BCUT2D eigenvalue weighted by Crippen LogP contribution is -2.52. The Balaban J connectivity index is 2.43. The topological polar surface area (TPSA) is 15.3 Å². The second-order valence-electron chi connectivity index (χ2n) is 5.02. The Morgan fingerprint density at radius 2 is 2.00 bits per heavy atom. The summed E-state index contributed by atoms with van der Waals surface area (Å²) in [4.78, 5) is 2.38. The average Bonchev–Trinajstić information content (AvgIpc) is 2.30. The second-order valence-corrected chi connectivity index (χ2v) is 5.02. The number of hydrogen-bond donors (Lipinski definition) is 1. The first kappa shape index (κ1) is 11.6. The van der Waals surface area contributed by atoms with Gasteiger partial charge in [0, 0.05) is 6.54 Å². The Kier molecular flexibility index (Phi) is 3.31. The van der Waals surface area contributed by atoms with Crippen LogP contribution in [0.15, 0.2) is 24.3 Å². The molecular formula is C14H22N2. The molecule has 0 aromatic heterocycles. The highest BCUT2D eigenvalue weighted by atomic mass is 15.2. The summed E-state index contributed by atoms with van der Waals surface area (Å²) in [5.74, 6) is 0. The number of rotatable bonds is 2. The van der Waals surface area contributed by atoms with Gasteiger partial charge in [0.25, 0.3) is 0 Å². The van der Waals surface area contributed by atoms with Crippen molar-refractivity contribution in [3.05, 3.63) is 35.4 Å². The Morgan fingerprint density at radius 1 is 1.25 bits per heavy atom. The normalized spacial score (nSPS) is 26.0. The van der Waals surface area contributed by atoms with E-state index in [-0.39, 0.29) is 5.54 Å². The third kappa shape index (κ3) is 1.87. The molecule has 1 fully saturated rings. The van der Waals surface area contributed by atoms with E-state index in [0.29, 0.717) is 0 Å². The first-order valence-electron chi connectivity index (χ1n) is 6.11. The molecule has 0 bridgehead atoms. The SMILES string of the molecule is Cc1ccccc1C1(N(C)C)CCCNC1. The van der Waals surface area contributed by atoms with Crippen LogP contribution in [-0.4, -0.2) is 32.1 Å². The van der Waals surface area contributed by atoms with Gasteiger partial charge in [0.2, 0.25) is 0 Å². The standard InChI is InChI=1S/C14H22N2/c1-12-7-4-5-8-13(12)14(16(2)3)9-6-10-15-11-14/h4-5,7-8,15H,6,9-11H2,1-3H3. The molecule has 1 heterocycles. The van der Waals surface area contributed by atoms with E-state index in [2.05, 4.69) is 55.5 Å². The highest BCUT2D eigenvalue weighted by molar-refractivity contribution is 5.33. The number of nitrogens with zero attached hydrogens (tertiary/aromatic N) is 1. The highest BCUT2D eigenvalue weighted by Crippen LogP contribution is 2.34. The maximum absolute atomic E-state index is 3.54. The van der Waals surface area contributed by atoms with E-state index < -0.39 is 0 Å². The van der Waals surface area contributed by atoms with E-state index in [1.54, 1.807) is 0 Å². The van der Waals surface area contributed by atoms with Gasteiger partial charge in [0.05, 0.1) is 5.54 Å². The fraction of sp³-hybridized carbons (Fsp3) is 0.571. The van der Waals surface area contributed by atoms with Crippen molar-refractivity contribution in [3.63, 3.8) is 0 Å². The number of nitrogens with one attached hydrogen (secondary N) is 1. The van der Waals surface area contributed by atoms with Crippen LogP contribution in [0.4, 0.5) is 0 Å². The summed E-state index contributed by atoms with van der Waals surface area (Å²) in [6, 6.07) is 8.78. The van der Waals surface area contributed by atoms with Crippen LogP contribution in [-0.2, 0) is 5.54 Å². The fourth-order valence-electron chi connectivity index (χ4n) is 2.84. The van der Waals surface area contributed by atoms with Gasteiger partial charge in [0.15, 0.2) is 0 Å². The minimum absolute atomic E-state index is 0.184. The predicted molar refractivity (Wildman–Crippen MR) is 68.6 cm³/mol. The van der Waals surface area contributed by atoms with Crippen LogP contribution >= 0.6 is 0 Å². The lowest BCUT2D eigenvalue weighted by Gasteiger charge is -2.44. The van der Waals surface area contributed by atoms with Gasteiger partial charge in [-0.3, -0.25) is 4.90 Å².